The molecule has 4 heteroatoms. The van der Waals surface area contributed by atoms with Crippen LogP contribution in [0.1, 0.15) is 52.9 Å². The van der Waals surface area contributed by atoms with Gasteiger partial charge in [0.2, 0.25) is 0 Å². The van der Waals surface area contributed by atoms with Crippen molar-refractivity contribution in [3.8, 4) is 0 Å². The van der Waals surface area contributed by atoms with E-state index in [0.717, 1.165) is 25.7 Å². The Kier molecular flexibility index (Phi) is 4.95. The van der Waals surface area contributed by atoms with Gasteiger partial charge in [-0.2, -0.15) is 0 Å². The fourth-order valence-electron chi connectivity index (χ4n) is 2.55. The van der Waals surface area contributed by atoms with Crippen LogP contribution in [0, 0.1) is 5.92 Å². The third-order valence-electron chi connectivity index (χ3n) is 3.84. The minimum atomic E-state index is -1.57. The molecule has 1 aliphatic carbocycles. The van der Waals surface area contributed by atoms with E-state index in [2.05, 4.69) is 0 Å². The summed E-state index contributed by atoms with van der Waals surface area (Å²) in [5.74, 6) is -0.950. The number of hydrogen-bond donors (Lipinski definition) is 2. The maximum atomic E-state index is 11.4. The van der Waals surface area contributed by atoms with E-state index in [1.807, 2.05) is 0 Å². The molecule has 1 rings (SSSR count). The van der Waals surface area contributed by atoms with Gasteiger partial charge < -0.3 is 15.6 Å². The molecule has 0 saturated heterocycles. The molecule has 0 aromatic heterocycles. The van der Waals surface area contributed by atoms with Crippen molar-refractivity contribution in [2.45, 2.75) is 70.7 Å². The van der Waals surface area contributed by atoms with E-state index in [0.29, 0.717) is 0 Å². The molecule has 1 amide bonds. The average Bonchev–Trinajstić information content (AvgIpc) is 2.28. The van der Waals surface area contributed by atoms with Gasteiger partial charge in [0.25, 0.3) is 5.91 Å². The molecular weight excluding hydrogens is 218 g/mol. The lowest BCUT2D eigenvalue weighted by Gasteiger charge is -2.37. The van der Waals surface area contributed by atoms with Crippen LogP contribution in [0.15, 0.2) is 0 Å². The number of aliphatic hydroxyl groups is 1. The summed E-state index contributed by atoms with van der Waals surface area (Å²) >= 11 is 0. The number of primary amides is 1. The van der Waals surface area contributed by atoms with Gasteiger partial charge in [0.1, 0.15) is 0 Å². The lowest BCUT2D eigenvalue weighted by atomic mass is 9.84. The molecule has 2 atom stereocenters. The van der Waals surface area contributed by atoms with Gasteiger partial charge >= 0.3 is 0 Å². The molecule has 1 fully saturated rings. The fourth-order valence-corrected chi connectivity index (χ4v) is 2.55. The van der Waals surface area contributed by atoms with E-state index in [9.17, 15) is 9.90 Å². The summed E-state index contributed by atoms with van der Waals surface area (Å²) in [6, 6.07) is 0. The summed E-state index contributed by atoms with van der Waals surface area (Å²) in [5, 5.41) is 10.4. The third kappa shape index (κ3) is 3.19. The van der Waals surface area contributed by atoms with Crippen molar-refractivity contribution in [2.24, 2.45) is 11.7 Å². The topological polar surface area (TPSA) is 72.5 Å². The highest BCUT2D eigenvalue weighted by Gasteiger charge is 2.44. The first-order valence-corrected chi connectivity index (χ1v) is 6.56. The molecule has 0 radical (unpaired) electrons. The maximum absolute atomic E-state index is 11.4. The molecule has 17 heavy (non-hydrogen) atoms. The first kappa shape index (κ1) is 14.5. The molecule has 3 N–H and O–H groups in total. The normalized spacial score (nSPS) is 23.4. The van der Waals surface area contributed by atoms with Crippen molar-refractivity contribution >= 4 is 5.91 Å². The lowest BCUT2D eigenvalue weighted by Crippen LogP contribution is -2.57. The van der Waals surface area contributed by atoms with Crippen LogP contribution in [0.25, 0.3) is 0 Å². The van der Waals surface area contributed by atoms with E-state index in [-0.39, 0.29) is 12.0 Å². The Labute approximate surface area is 104 Å². The SMILES string of the molecule is CC(C)C(O)(C(N)=O)C(C)OC1CCCCC1. The number of carbonyl (C=O) groups is 1. The zero-order valence-corrected chi connectivity index (χ0v) is 11.1. The van der Waals surface area contributed by atoms with Gasteiger partial charge in [0.15, 0.2) is 5.60 Å². The Hall–Kier alpha value is -0.610. The quantitative estimate of drug-likeness (QED) is 0.770. The van der Waals surface area contributed by atoms with Gasteiger partial charge in [-0.25, -0.2) is 0 Å². The molecule has 0 bridgehead atoms. The van der Waals surface area contributed by atoms with Gasteiger partial charge in [0, 0.05) is 0 Å². The minimum absolute atomic E-state index is 0.156. The standard InChI is InChI=1S/C13H25NO3/c1-9(2)13(16,12(14)15)10(3)17-11-7-5-4-6-8-11/h9-11,16H,4-8H2,1-3H3,(H2,14,15). The van der Waals surface area contributed by atoms with Crippen LogP contribution < -0.4 is 5.73 Å². The smallest absolute Gasteiger partial charge is 0.252 e. The number of amides is 1. The summed E-state index contributed by atoms with van der Waals surface area (Å²) < 4.78 is 5.83. The molecule has 100 valence electrons. The van der Waals surface area contributed by atoms with E-state index >= 15 is 0 Å². The van der Waals surface area contributed by atoms with Crippen LogP contribution in [0.2, 0.25) is 0 Å². The van der Waals surface area contributed by atoms with Crippen LogP contribution in [-0.4, -0.2) is 28.8 Å². The highest BCUT2D eigenvalue weighted by Crippen LogP contribution is 2.28. The molecule has 4 nitrogen and oxygen atoms in total. The van der Waals surface area contributed by atoms with Crippen LogP contribution in [0.4, 0.5) is 0 Å². The largest absolute Gasteiger partial charge is 0.377 e. The highest BCUT2D eigenvalue weighted by atomic mass is 16.5. The zero-order valence-electron chi connectivity index (χ0n) is 11.1. The first-order chi connectivity index (χ1) is 7.89. The van der Waals surface area contributed by atoms with Crippen LogP contribution >= 0.6 is 0 Å². The zero-order chi connectivity index (χ0) is 13.1. The van der Waals surface area contributed by atoms with Crippen LogP contribution in [-0.2, 0) is 9.53 Å². The molecular formula is C13H25NO3. The summed E-state index contributed by atoms with van der Waals surface area (Å²) in [6.45, 7) is 5.30. The van der Waals surface area contributed by atoms with E-state index in [1.165, 1.54) is 6.42 Å². The Morgan fingerprint density at radius 2 is 1.82 bits per heavy atom. The second kappa shape index (κ2) is 5.83. The monoisotopic (exact) mass is 243 g/mol. The number of hydrogen-bond acceptors (Lipinski definition) is 3. The number of carbonyl (C=O) groups excluding carboxylic acids is 1. The molecule has 0 aromatic rings. The van der Waals surface area contributed by atoms with Gasteiger partial charge in [0.05, 0.1) is 12.2 Å². The second-order valence-corrected chi connectivity index (χ2v) is 5.38. The van der Waals surface area contributed by atoms with Gasteiger partial charge in [-0.05, 0) is 25.7 Å². The predicted octanol–water partition coefficient (Wildman–Crippen LogP) is 1.60. The molecule has 0 aliphatic heterocycles. The maximum Gasteiger partial charge on any atom is 0.252 e. The fraction of sp³-hybridized carbons (Fsp3) is 0.923. The van der Waals surface area contributed by atoms with Crippen LogP contribution in [0.5, 0.6) is 0 Å². The summed E-state index contributed by atoms with van der Waals surface area (Å²) in [7, 11) is 0. The third-order valence-corrected chi connectivity index (χ3v) is 3.84. The molecule has 0 spiro atoms. The van der Waals surface area contributed by atoms with Crippen molar-refractivity contribution in [1.29, 1.82) is 0 Å². The minimum Gasteiger partial charge on any atom is -0.377 e. The Morgan fingerprint density at radius 3 is 2.24 bits per heavy atom. The molecule has 0 aromatic carbocycles. The average molecular weight is 243 g/mol. The lowest BCUT2D eigenvalue weighted by molar-refractivity contribution is -0.172. The Morgan fingerprint density at radius 1 is 1.29 bits per heavy atom. The molecule has 2 unspecified atom stereocenters. The first-order valence-electron chi connectivity index (χ1n) is 6.56. The number of rotatable bonds is 5. The molecule has 1 aliphatic rings. The van der Waals surface area contributed by atoms with Crippen molar-refractivity contribution < 1.29 is 14.6 Å². The second-order valence-electron chi connectivity index (χ2n) is 5.38. The highest BCUT2D eigenvalue weighted by molar-refractivity contribution is 5.84. The predicted molar refractivity (Wildman–Crippen MR) is 66.4 cm³/mol. The van der Waals surface area contributed by atoms with Gasteiger partial charge in [-0.15, -0.1) is 0 Å². The summed E-state index contributed by atoms with van der Waals surface area (Å²) in [6.07, 6.45) is 5.20. The summed E-state index contributed by atoms with van der Waals surface area (Å²) in [5.41, 5.74) is 3.74. The van der Waals surface area contributed by atoms with E-state index in [4.69, 9.17) is 10.5 Å². The van der Waals surface area contributed by atoms with Crippen LogP contribution in [0.3, 0.4) is 0 Å². The van der Waals surface area contributed by atoms with Crippen molar-refractivity contribution in [2.75, 3.05) is 0 Å². The van der Waals surface area contributed by atoms with Gasteiger partial charge in [-0.1, -0.05) is 33.1 Å². The Bertz CT molecular complexity index is 261. The van der Waals surface area contributed by atoms with Crippen molar-refractivity contribution in [3.05, 3.63) is 0 Å². The summed E-state index contributed by atoms with van der Waals surface area (Å²) in [4.78, 5) is 11.4. The molecule has 1 saturated carbocycles. The van der Waals surface area contributed by atoms with Crippen molar-refractivity contribution in [1.82, 2.24) is 0 Å². The van der Waals surface area contributed by atoms with Crippen molar-refractivity contribution in [3.63, 3.8) is 0 Å². The van der Waals surface area contributed by atoms with E-state index in [1.54, 1.807) is 20.8 Å². The molecule has 0 heterocycles. The van der Waals surface area contributed by atoms with E-state index < -0.39 is 17.6 Å². The Balaban J connectivity index is 2.65. The number of nitrogens with two attached hydrogens (primary N) is 1. The number of ether oxygens (including phenoxy) is 1. The van der Waals surface area contributed by atoms with Gasteiger partial charge in [-0.3, -0.25) is 4.79 Å².